The van der Waals surface area contributed by atoms with Gasteiger partial charge in [-0.2, -0.15) is 0 Å². The average Bonchev–Trinajstić information content (AvgIpc) is 3.31. The maximum Gasteiger partial charge on any atom is 0.238 e. The number of nitrogens with zero attached hydrogens (tertiary/aromatic N) is 2. The number of hydrogen-bond donors (Lipinski definition) is 1. The van der Waals surface area contributed by atoms with Crippen LogP contribution in [0.15, 0.2) is 82.6 Å². The smallest absolute Gasteiger partial charge is 0.238 e. The van der Waals surface area contributed by atoms with Gasteiger partial charge in [-0.15, -0.1) is 0 Å². The molecule has 0 aliphatic rings. The zero-order valence-electron chi connectivity index (χ0n) is 13.9. The van der Waals surface area contributed by atoms with Gasteiger partial charge in [-0.05, 0) is 54.6 Å². The molecule has 0 atom stereocenters. The zero-order valence-corrected chi connectivity index (χ0v) is 14.7. The molecule has 0 saturated heterocycles. The van der Waals surface area contributed by atoms with Gasteiger partial charge < -0.3 is 4.42 Å². The minimum absolute atomic E-state index is 0.0135. The molecule has 6 nitrogen and oxygen atoms in total. The summed E-state index contributed by atoms with van der Waals surface area (Å²) >= 11 is 0. The summed E-state index contributed by atoms with van der Waals surface area (Å²) in [5.74, 6) is 0.267. The summed E-state index contributed by atoms with van der Waals surface area (Å²) in [6.45, 7) is 0. The van der Waals surface area contributed by atoms with Crippen LogP contribution < -0.4 is 5.14 Å². The highest BCUT2D eigenvalue weighted by Gasteiger charge is 2.17. The second-order valence-electron chi connectivity index (χ2n) is 5.86. The molecular formula is C19H14FN3O3S. The van der Waals surface area contributed by atoms with Crippen molar-refractivity contribution in [2.45, 2.75) is 4.90 Å². The first-order valence-corrected chi connectivity index (χ1v) is 9.47. The van der Waals surface area contributed by atoms with Crippen LogP contribution in [0, 0.1) is 5.82 Å². The molecule has 0 aliphatic carbocycles. The molecule has 4 rings (SSSR count). The molecule has 0 amide bonds. The van der Waals surface area contributed by atoms with Crippen LogP contribution in [0.25, 0.3) is 28.3 Å². The molecule has 136 valence electrons. The van der Waals surface area contributed by atoms with Gasteiger partial charge in [-0.3, -0.25) is 4.57 Å². The van der Waals surface area contributed by atoms with E-state index in [-0.39, 0.29) is 10.7 Å². The van der Waals surface area contributed by atoms with Crippen molar-refractivity contribution in [2.75, 3.05) is 0 Å². The molecule has 2 aromatic carbocycles. The Morgan fingerprint density at radius 3 is 2.26 bits per heavy atom. The van der Waals surface area contributed by atoms with Crippen LogP contribution in [0.4, 0.5) is 4.39 Å². The summed E-state index contributed by atoms with van der Waals surface area (Å²) in [5.41, 5.74) is 2.90. The van der Waals surface area contributed by atoms with Gasteiger partial charge in [0.15, 0.2) is 0 Å². The zero-order chi connectivity index (χ0) is 19.0. The van der Waals surface area contributed by atoms with Crippen LogP contribution in [0.1, 0.15) is 0 Å². The van der Waals surface area contributed by atoms with E-state index in [1.165, 1.54) is 30.5 Å². The standard InChI is InChI=1S/C19H14FN3O3S/c20-15-3-1-13(2-4-15)18-11-22-19(14-9-10-26-12-14)23(18)16-5-7-17(8-6-16)27(21,24)25/h1-12H,(H2,21,24,25). The normalized spacial score (nSPS) is 11.6. The maximum atomic E-state index is 13.3. The van der Waals surface area contributed by atoms with Crippen molar-refractivity contribution in [1.82, 2.24) is 9.55 Å². The second-order valence-corrected chi connectivity index (χ2v) is 7.42. The number of primary sulfonamides is 1. The lowest BCUT2D eigenvalue weighted by Crippen LogP contribution is -2.12. The van der Waals surface area contributed by atoms with Crippen molar-refractivity contribution in [1.29, 1.82) is 0 Å². The van der Waals surface area contributed by atoms with Gasteiger partial charge in [0.05, 0.1) is 28.6 Å². The average molecular weight is 383 g/mol. The van der Waals surface area contributed by atoms with Crippen molar-refractivity contribution >= 4 is 10.0 Å². The van der Waals surface area contributed by atoms with Gasteiger partial charge in [0.2, 0.25) is 10.0 Å². The predicted octanol–water partition coefficient (Wildman–Crippen LogP) is 3.59. The Morgan fingerprint density at radius 2 is 1.67 bits per heavy atom. The van der Waals surface area contributed by atoms with Gasteiger partial charge in [0.1, 0.15) is 17.9 Å². The largest absolute Gasteiger partial charge is 0.472 e. The van der Waals surface area contributed by atoms with E-state index in [1.807, 2.05) is 4.57 Å². The van der Waals surface area contributed by atoms with Crippen LogP contribution in [0.2, 0.25) is 0 Å². The molecule has 27 heavy (non-hydrogen) atoms. The first-order chi connectivity index (χ1) is 12.9. The van der Waals surface area contributed by atoms with E-state index in [9.17, 15) is 12.8 Å². The van der Waals surface area contributed by atoms with Gasteiger partial charge in [0.25, 0.3) is 0 Å². The van der Waals surface area contributed by atoms with Crippen molar-refractivity contribution < 1.29 is 17.2 Å². The molecule has 8 heteroatoms. The number of imidazole rings is 1. The third-order valence-corrected chi connectivity index (χ3v) is 5.03. The number of halogens is 1. The molecule has 0 saturated carbocycles. The molecule has 0 aliphatic heterocycles. The van der Waals surface area contributed by atoms with Crippen molar-refractivity contribution in [3.8, 4) is 28.3 Å². The third kappa shape index (κ3) is 3.27. The minimum atomic E-state index is -3.79. The van der Waals surface area contributed by atoms with E-state index in [0.717, 1.165) is 16.8 Å². The van der Waals surface area contributed by atoms with E-state index in [2.05, 4.69) is 4.98 Å². The molecule has 2 N–H and O–H groups in total. The summed E-state index contributed by atoms with van der Waals surface area (Å²) in [7, 11) is -3.79. The minimum Gasteiger partial charge on any atom is -0.472 e. The quantitative estimate of drug-likeness (QED) is 0.583. The van der Waals surface area contributed by atoms with Crippen molar-refractivity contribution in [3.63, 3.8) is 0 Å². The summed E-state index contributed by atoms with van der Waals surface area (Å²) in [4.78, 5) is 4.48. The lowest BCUT2D eigenvalue weighted by Gasteiger charge is -2.12. The molecule has 0 spiro atoms. The first kappa shape index (κ1) is 17.2. The number of rotatable bonds is 4. The molecule has 2 aromatic heterocycles. The SMILES string of the molecule is NS(=O)(=O)c1ccc(-n2c(-c3ccc(F)cc3)cnc2-c2ccoc2)cc1. The van der Waals surface area contributed by atoms with Crippen LogP contribution in [0.3, 0.4) is 0 Å². The fraction of sp³-hybridized carbons (Fsp3) is 0. The van der Waals surface area contributed by atoms with Crippen molar-refractivity contribution in [3.05, 3.63) is 79.1 Å². The molecule has 2 heterocycles. The lowest BCUT2D eigenvalue weighted by molar-refractivity contribution is 0.568. The number of nitrogens with two attached hydrogens (primary N) is 1. The van der Waals surface area contributed by atoms with E-state index in [4.69, 9.17) is 9.56 Å². The highest BCUT2D eigenvalue weighted by molar-refractivity contribution is 7.89. The molecule has 0 fully saturated rings. The fourth-order valence-electron chi connectivity index (χ4n) is 2.82. The Morgan fingerprint density at radius 1 is 0.963 bits per heavy atom. The topological polar surface area (TPSA) is 91.1 Å². The van der Waals surface area contributed by atoms with Crippen LogP contribution in [-0.2, 0) is 10.0 Å². The maximum absolute atomic E-state index is 13.3. The highest BCUT2D eigenvalue weighted by atomic mass is 32.2. The van der Waals surface area contributed by atoms with Gasteiger partial charge in [-0.25, -0.2) is 22.9 Å². The Bertz CT molecular complexity index is 1180. The van der Waals surface area contributed by atoms with E-state index in [1.54, 1.807) is 42.8 Å². The summed E-state index contributed by atoms with van der Waals surface area (Å²) in [5, 5.41) is 5.17. The van der Waals surface area contributed by atoms with E-state index < -0.39 is 10.0 Å². The summed E-state index contributed by atoms with van der Waals surface area (Å²) in [6.07, 6.45) is 4.77. The first-order valence-electron chi connectivity index (χ1n) is 7.93. The Labute approximate surface area is 154 Å². The number of furan rings is 1. The Hall–Kier alpha value is -3.23. The molecule has 0 unspecified atom stereocenters. The van der Waals surface area contributed by atoms with Crippen LogP contribution >= 0.6 is 0 Å². The predicted molar refractivity (Wildman–Crippen MR) is 98.0 cm³/mol. The van der Waals surface area contributed by atoms with Gasteiger partial charge in [0, 0.05) is 11.3 Å². The third-order valence-electron chi connectivity index (χ3n) is 4.10. The monoisotopic (exact) mass is 383 g/mol. The second kappa shape index (κ2) is 6.49. The number of benzene rings is 2. The molecule has 4 aromatic rings. The van der Waals surface area contributed by atoms with Gasteiger partial charge in [-0.1, -0.05) is 0 Å². The summed E-state index contributed by atoms with van der Waals surface area (Å²) in [6, 6.07) is 13.9. The summed E-state index contributed by atoms with van der Waals surface area (Å²) < 4.78 is 43.3. The Balaban J connectivity index is 1.91. The number of sulfonamides is 1. The molecule has 0 radical (unpaired) electrons. The van der Waals surface area contributed by atoms with Crippen molar-refractivity contribution in [2.24, 2.45) is 5.14 Å². The lowest BCUT2D eigenvalue weighted by atomic mass is 10.1. The van der Waals surface area contributed by atoms with E-state index >= 15 is 0 Å². The molecule has 0 bridgehead atoms. The Kier molecular flexibility index (Phi) is 4.14. The number of hydrogen-bond acceptors (Lipinski definition) is 4. The van der Waals surface area contributed by atoms with Crippen LogP contribution in [-0.4, -0.2) is 18.0 Å². The highest BCUT2D eigenvalue weighted by Crippen LogP contribution is 2.31. The van der Waals surface area contributed by atoms with E-state index in [0.29, 0.717) is 11.5 Å². The van der Waals surface area contributed by atoms with Crippen LogP contribution in [0.5, 0.6) is 0 Å². The van der Waals surface area contributed by atoms with Gasteiger partial charge >= 0.3 is 0 Å². The fourth-order valence-corrected chi connectivity index (χ4v) is 3.33. The number of aromatic nitrogens is 2. The molecular weight excluding hydrogens is 369 g/mol.